The van der Waals surface area contributed by atoms with Gasteiger partial charge >= 0.3 is 12.0 Å². The fourth-order valence-electron chi connectivity index (χ4n) is 1.56. The van der Waals surface area contributed by atoms with Crippen LogP contribution in [0, 0.1) is 0 Å². The van der Waals surface area contributed by atoms with E-state index in [-0.39, 0.29) is 18.2 Å². The third kappa shape index (κ3) is 14.7. The summed E-state index contributed by atoms with van der Waals surface area (Å²) < 4.78 is 21.7. The molecule has 0 heterocycles. The number of amides is 2. The minimum Gasteiger partial charge on any atom is -0.481 e. The van der Waals surface area contributed by atoms with E-state index < -0.39 is 15.8 Å². The third-order valence-corrected chi connectivity index (χ3v) is 3.61. The van der Waals surface area contributed by atoms with Crippen LogP contribution in [0.5, 0.6) is 0 Å². The van der Waals surface area contributed by atoms with E-state index in [1.807, 2.05) is 0 Å². The van der Waals surface area contributed by atoms with Crippen molar-refractivity contribution in [3.8, 4) is 0 Å². The Labute approximate surface area is 120 Å². The predicted molar refractivity (Wildman–Crippen MR) is 76.5 cm³/mol. The van der Waals surface area contributed by atoms with Gasteiger partial charge in [0.15, 0.2) is 0 Å². The third-order valence-electron chi connectivity index (χ3n) is 2.58. The van der Waals surface area contributed by atoms with Gasteiger partial charge in [-0.15, -0.1) is 0 Å². The number of carbonyl (C=O) groups is 2. The molecule has 20 heavy (non-hydrogen) atoms. The highest BCUT2D eigenvalue weighted by Gasteiger charge is 2.03. The number of carbonyl (C=O) groups excluding carboxylic acids is 1. The fraction of sp³-hybridized carbons (Fsp3) is 0.833. The van der Waals surface area contributed by atoms with Crippen LogP contribution in [-0.4, -0.2) is 50.6 Å². The van der Waals surface area contributed by atoms with Crippen LogP contribution in [-0.2, 0) is 14.6 Å². The molecule has 0 aromatic carbocycles. The summed E-state index contributed by atoms with van der Waals surface area (Å²) in [5.74, 6) is -0.715. The van der Waals surface area contributed by atoms with Crippen LogP contribution in [0.25, 0.3) is 0 Å². The van der Waals surface area contributed by atoms with Crippen LogP contribution < -0.4 is 10.6 Å². The maximum absolute atomic E-state index is 11.3. The molecular weight excluding hydrogens is 284 g/mol. The topological polar surface area (TPSA) is 113 Å². The first-order valence-corrected chi connectivity index (χ1v) is 8.78. The largest absolute Gasteiger partial charge is 0.481 e. The lowest BCUT2D eigenvalue weighted by Gasteiger charge is -2.07. The summed E-state index contributed by atoms with van der Waals surface area (Å²) in [4.78, 5) is 21.6. The number of aliphatic carboxylic acids is 1. The number of sulfone groups is 1. The predicted octanol–water partition coefficient (Wildman–Crippen LogP) is 0.755. The molecule has 0 spiro atoms. The zero-order valence-corrected chi connectivity index (χ0v) is 12.7. The van der Waals surface area contributed by atoms with E-state index in [0.29, 0.717) is 25.9 Å². The molecule has 0 aliphatic carbocycles. The van der Waals surface area contributed by atoms with Crippen LogP contribution in [0.4, 0.5) is 4.79 Å². The Hall–Kier alpha value is -1.31. The fourth-order valence-corrected chi connectivity index (χ4v) is 2.22. The molecule has 0 aromatic rings. The molecule has 0 atom stereocenters. The zero-order chi connectivity index (χ0) is 15.4. The first kappa shape index (κ1) is 18.7. The molecule has 0 radical (unpaired) electrons. The van der Waals surface area contributed by atoms with E-state index in [0.717, 1.165) is 25.5 Å². The van der Waals surface area contributed by atoms with Gasteiger partial charge in [-0.05, 0) is 19.3 Å². The van der Waals surface area contributed by atoms with E-state index in [2.05, 4.69) is 10.6 Å². The highest BCUT2D eigenvalue weighted by atomic mass is 32.2. The van der Waals surface area contributed by atoms with Crippen LogP contribution in [0.2, 0.25) is 0 Å². The first-order valence-electron chi connectivity index (χ1n) is 6.72. The molecule has 8 heteroatoms. The van der Waals surface area contributed by atoms with Crippen molar-refractivity contribution in [2.45, 2.75) is 38.5 Å². The molecule has 0 aliphatic rings. The lowest BCUT2D eigenvalue weighted by molar-refractivity contribution is -0.137. The van der Waals surface area contributed by atoms with Gasteiger partial charge in [-0.25, -0.2) is 13.2 Å². The normalized spacial score (nSPS) is 11.1. The van der Waals surface area contributed by atoms with Crippen molar-refractivity contribution >= 4 is 21.8 Å². The number of nitrogens with one attached hydrogen (secondary N) is 2. The van der Waals surface area contributed by atoms with Crippen molar-refractivity contribution in [3.05, 3.63) is 0 Å². The summed E-state index contributed by atoms with van der Waals surface area (Å²) in [6, 6.07) is -0.302. The highest BCUT2D eigenvalue weighted by molar-refractivity contribution is 7.90. The van der Waals surface area contributed by atoms with Gasteiger partial charge in [-0.2, -0.15) is 0 Å². The maximum atomic E-state index is 11.3. The second kappa shape index (κ2) is 10.5. The first-order chi connectivity index (χ1) is 9.31. The summed E-state index contributed by atoms with van der Waals surface area (Å²) >= 11 is 0. The Bertz CT molecular complexity index is 395. The van der Waals surface area contributed by atoms with Crippen molar-refractivity contribution in [2.75, 3.05) is 25.1 Å². The smallest absolute Gasteiger partial charge is 0.314 e. The highest BCUT2D eigenvalue weighted by Crippen LogP contribution is 2.01. The average Bonchev–Trinajstić information content (AvgIpc) is 2.32. The van der Waals surface area contributed by atoms with Gasteiger partial charge in [-0.3, -0.25) is 4.79 Å². The summed E-state index contributed by atoms with van der Waals surface area (Å²) in [6.45, 7) is 0.864. The van der Waals surface area contributed by atoms with E-state index >= 15 is 0 Å². The summed E-state index contributed by atoms with van der Waals surface area (Å²) in [5.41, 5.74) is 0. The van der Waals surface area contributed by atoms with E-state index in [1.54, 1.807) is 0 Å². The molecule has 0 saturated carbocycles. The Morgan fingerprint density at radius 2 is 1.50 bits per heavy atom. The number of carboxylic acid groups (broad SMARTS) is 1. The summed E-state index contributed by atoms with van der Waals surface area (Å²) in [7, 11) is -2.97. The van der Waals surface area contributed by atoms with E-state index in [4.69, 9.17) is 5.11 Å². The van der Waals surface area contributed by atoms with Gasteiger partial charge in [0, 0.05) is 25.8 Å². The quantitative estimate of drug-likeness (QED) is 0.488. The van der Waals surface area contributed by atoms with Gasteiger partial charge < -0.3 is 15.7 Å². The Morgan fingerprint density at radius 1 is 0.950 bits per heavy atom. The molecule has 2 amide bonds. The molecule has 0 unspecified atom stereocenters. The molecule has 3 N–H and O–H groups in total. The SMILES string of the molecule is CS(=O)(=O)CCCNC(=O)NCCCCCCC(=O)O. The van der Waals surface area contributed by atoms with Crippen molar-refractivity contribution in [3.63, 3.8) is 0 Å². The van der Waals surface area contributed by atoms with Gasteiger partial charge in [0.1, 0.15) is 9.84 Å². The molecule has 7 nitrogen and oxygen atoms in total. The van der Waals surface area contributed by atoms with E-state index in [9.17, 15) is 18.0 Å². The van der Waals surface area contributed by atoms with Crippen molar-refractivity contribution < 1.29 is 23.1 Å². The van der Waals surface area contributed by atoms with Crippen LogP contribution in [0.1, 0.15) is 38.5 Å². The van der Waals surface area contributed by atoms with Gasteiger partial charge in [0.2, 0.25) is 0 Å². The van der Waals surface area contributed by atoms with Crippen molar-refractivity contribution in [1.29, 1.82) is 0 Å². The second-order valence-electron chi connectivity index (χ2n) is 4.72. The number of unbranched alkanes of at least 4 members (excludes halogenated alkanes) is 3. The molecule has 0 fully saturated rings. The van der Waals surface area contributed by atoms with Crippen molar-refractivity contribution in [2.24, 2.45) is 0 Å². The number of carboxylic acids is 1. The van der Waals surface area contributed by atoms with Gasteiger partial charge in [0.05, 0.1) is 5.75 Å². The molecule has 0 saturated heterocycles. The van der Waals surface area contributed by atoms with Crippen molar-refractivity contribution in [1.82, 2.24) is 10.6 Å². The zero-order valence-electron chi connectivity index (χ0n) is 11.9. The van der Waals surface area contributed by atoms with Gasteiger partial charge in [-0.1, -0.05) is 12.8 Å². The summed E-state index contributed by atoms with van der Waals surface area (Å²) in [5, 5.41) is 13.7. The molecule has 0 aliphatic heterocycles. The standard InChI is InChI=1S/C12H24N2O5S/c1-20(18,19)10-6-9-14-12(17)13-8-5-3-2-4-7-11(15)16/h2-10H2,1H3,(H,15,16)(H2,13,14,17). The molecule has 118 valence electrons. The number of hydrogen-bond donors (Lipinski definition) is 3. The molecular formula is C12H24N2O5S. The monoisotopic (exact) mass is 308 g/mol. The average molecular weight is 308 g/mol. The molecule has 0 rings (SSSR count). The van der Waals surface area contributed by atoms with Crippen LogP contribution in [0.15, 0.2) is 0 Å². The number of rotatable bonds is 11. The van der Waals surface area contributed by atoms with Crippen LogP contribution >= 0.6 is 0 Å². The lowest BCUT2D eigenvalue weighted by atomic mass is 10.1. The molecule has 0 bridgehead atoms. The number of hydrogen-bond acceptors (Lipinski definition) is 4. The minimum absolute atomic E-state index is 0.0663. The van der Waals surface area contributed by atoms with Gasteiger partial charge in [0.25, 0.3) is 0 Å². The lowest BCUT2D eigenvalue weighted by Crippen LogP contribution is -2.36. The summed E-state index contributed by atoms with van der Waals surface area (Å²) in [6.07, 6.45) is 4.93. The Kier molecular flexibility index (Phi) is 9.79. The minimum atomic E-state index is -2.97. The Morgan fingerprint density at radius 3 is 2.05 bits per heavy atom. The molecule has 0 aromatic heterocycles. The number of urea groups is 1. The second-order valence-corrected chi connectivity index (χ2v) is 6.98. The Balaban J connectivity index is 3.35. The van der Waals surface area contributed by atoms with Crippen LogP contribution in [0.3, 0.4) is 0 Å². The maximum Gasteiger partial charge on any atom is 0.314 e. The van der Waals surface area contributed by atoms with E-state index in [1.165, 1.54) is 0 Å².